The van der Waals surface area contributed by atoms with E-state index in [0.29, 0.717) is 17.8 Å². The van der Waals surface area contributed by atoms with E-state index >= 15 is 0 Å². The predicted molar refractivity (Wildman–Crippen MR) is 90.6 cm³/mol. The topological polar surface area (TPSA) is 0 Å². The average Bonchev–Trinajstić information content (AvgIpc) is 3.17. The molecule has 0 saturated heterocycles. The molecule has 0 bridgehead atoms. The Morgan fingerprint density at radius 1 is 0.818 bits per heavy atom. The predicted octanol–water partition coefficient (Wildman–Crippen LogP) is 4.96. The van der Waals surface area contributed by atoms with Crippen molar-refractivity contribution in [2.75, 3.05) is 0 Å². The minimum atomic E-state index is 0.521. The monoisotopic (exact) mass is 318 g/mol. The van der Waals surface area contributed by atoms with E-state index in [9.17, 15) is 0 Å². The molecular formula is C21H18Ti. The van der Waals surface area contributed by atoms with Gasteiger partial charge in [-0.15, -0.1) is 0 Å². The van der Waals surface area contributed by atoms with Crippen molar-refractivity contribution in [1.29, 1.82) is 0 Å². The molecule has 0 fully saturated rings. The Labute approximate surface area is 143 Å². The van der Waals surface area contributed by atoms with Crippen LogP contribution in [0.5, 0.6) is 0 Å². The van der Waals surface area contributed by atoms with Crippen LogP contribution in [0.2, 0.25) is 0 Å². The fraction of sp³-hybridized carbons (Fsp3) is 0.190. The van der Waals surface area contributed by atoms with E-state index in [1.54, 1.807) is 0 Å². The number of hydrogen-bond acceptors (Lipinski definition) is 0. The van der Waals surface area contributed by atoms with Crippen molar-refractivity contribution in [3.63, 3.8) is 0 Å². The van der Waals surface area contributed by atoms with E-state index in [-0.39, 0.29) is 0 Å². The first-order valence-corrected chi connectivity index (χ1v) is 8.82. The van der Waals surface area contributed by atoms with Gasteiger partial charge >= 0.3 is 144 Å². The second-order valence-corrected chi connectivity index (χ2v) is 6.77. The normalized spacial score (nSPS) is 22.3. The van der Waals surface area contributed by atoms with Crippen molar-refractivity contribution in [1.82, 2.24) is 0 Å². The molecule has 2 aliphatic rings. The minimum absolute atomic E-state index is 0.521. The molecule has 0 nitrogen and oxygen atoms in total. The van der Waals surface area contributed by atoms with Crippen molar-refractivity contribution >= 4 is 16.5 Å². The molecule has 2 atom stereocenters. The zero-order chi connectivity index (χ0) is 14.9. The fourth-order valence-electron chi connectivity index (χ4n) is 3.95. The summed E-state index contributed by atoms with van der Waals surface area (Å²) in [5.74, 6) is 1.64. The van der Waals surface area contributed by atoms with Crippen molar-refractivity contribution in [2.24, 2.45) is 5.92 Å². The summed E-state index contributed by atoms with van der Waals surface area (Å²) < 4.78 is 2.33. The third kappa shape index (κ3) is 2.31. The summed E-state index contributed by atoms with van der Waals surface area (Å²) in [5.41, 5.74) is 5.77. The Kier molecular flexibility index (Phi) is 3.82. The summed E-state index contributed by atoms with van der Waals surface area (Å²) in [6.45, 7) is 0. The molecule has 0 heterocycles. The Morgan fingerprint density at radius 2 is 1.32 bits per heavy atom. The van der Waals surface area contributed by atoms with Crippen LogP contribution in [-0.2, 0) is 20.0 Å². The maximum absolute atomic E-state index is 2.41. The van der Waals surface area contributed by atoms with Crippen LogP contribution in [-0.4, -0.2) is 4.31 Å². The maximum atomic E-state index is 2.41. The Morgan fingerprint density at radius 3 is 1.82 bits per heavy atom. The summed E-state index contributed by atoms with van der Waals surface area (Å²) in [4.78, 5) is 0. The molecule has 2 aliphatic carbocycles. The van der Waals surface area contributed by atoms with E-state index in [0.717, 1.165) is 6.42 Å². The summed E-state index contributed by atoms with van der Waals surface area (Å²) in [6, 6.07) is 17.7. The molecule has 4 rings (SSSR count). The van der Waals surface area contributed by atoms with Gasteiger partial charge in [0, 0.05) is 0 Å². The van der Waals surface area contributed by atoms with Crippen LogP contribution >= 0.6 is 0 Å². The molecule has 0 radical (unpaired) electrons. The molecule has 22 heavy (non-hydrogen) atoms. The fourth-order valence-corrected chi connectivity index (χ4v) is 4.38. The molecule has 1 heteroatoms. The number of allylic oxidation sites excluding steroid dienone is 2. The molecule has 0 aliphatic heterocycles. The first-order valence-electron chi connectivity index (χ1n) is 7.91. The van der Waals surface area contributed by atoms with Gasteiger partial charge in [-0.05, 0) is 0 Å². The second kappa shape index (κ2) is 5.95. The Bertz CT molecular complexity index is 707. The summed E-state index contributed by atoms with van der Waals surface area (Å²) in [7, 11) is 0. The molecule has 106 valence electrons. The van der Waals surface area contributed by atoms with Crippen molar-refractivity contribution in [2.45, 2.75) is 18.3 Å². The molecule has 0 spiro atoms. The van der Waals surface area contributed by atoms with Crippen LogP contribution in [0.1, 0.15) is 40.5 Å². The van der Waals surface area contributed by atoms with Gasteiger partial charge in [0.1, 0.15) is 0 Å². The Balaban J connectivity index is 1.73. The number of rotatable bonds is 4. The zero-order valence-corrected chi connectivity index (χ0v) is 14.0. The van der Waals surface area contributed by atoms with Gasteiger partial charge in [-0.2, -0.15) is 0 Å². The zero-order valence-electron chi connectivity index (χ0n) is 12.4. The molecule has 2 aromatic carbocycles. The molecule has 0 amide bonds. The van der Waals surface area contributed by atoms with Gasteiger partial charge in [-0.3, -0.25) is 0 Å². The molecule has 2 aromatic rings. The summed E-state index contributed by atoms with van der Waals surface area (Å²) in [6.07, 6.45) is 10.6. The number of benzene rings is 2. The quantitative estimate of drug-likeness (QED) is 0.699. The third-order valence-corrected chi connectivity index (χ3v) is 5.36. The van der Waals surface area contributed by atoms with Gasteiger partial charge in [-0.25, -0.2) is 0 Å². The second-order valence-electron chi connectivity index (χ2n) is 6.13. The summed E-state index contributed by atoms with van der Waals surface area (Å²) in [5, 5.41) is 0. The first kappa shape index (κ1) is 14.1. The molecule has 0 saturated carbocycles. The van der Waals surface area contributed by atoms with Gasteiger partial charge in [0.2, 0.25) is 0 Å². The number of fused-ring (bicyclic) bond motifs is 2. The van der Waals surface area contributed by atoms with Crippen molar-refractivity contribution < 1.29 is 20.0 Å². The van der Waals surface area contributed by atoms with Crippen LogP contribution in [0.4, 0.5) is 0 Å². The van der Waals surface area contributed by atoms with Gasteiger partial charge in [0.25, 0.3) is 0 Å². The van der Waals surface area contributed by atoms with Gasteiger partial charge < -0.3 is 0 Å². The third-order valence-electron chi connectivity index (χ3n) is 4.99. The first-order chi connectivity index (χ1) is 10.9. The molecule has 0 aromatic heterocycles. The van der Waals surface area contributed by atoms with Gasteiger partial charge in [0.05, 0.1) is 0 Å². The van der Waals surface area contributed by atoms with Crippen LogP contribution in [0, 0.1) is 5.92 Å². The van der Waals surface area contributed by atoms with Crippen LogP contribution in [0.15, 0.2) is 60.7 Å². The van der Waals surface area contributed by atoms with Crippen molar-refractivity contribution in [3.8, 4) is 0 Å². The van der Waals surface area contributed by atoms with Gasteiger partial charge in [-0.1, -0.05) is 0 Å². The van der Waals surface area contributed by atoms with E-state index in [1.165, 1.54) is 22.3 Å². The van der Waals surface area contributed by atoms with Gasteiger partial charge in [0.15, 0.2) is 0 Å². The molecule has 2 unspecified atom stereocenters. The average molecular weight is 318 g/mol. The van der Waals surface area contributed by atoms with Crippen LogP contribution < -0.4 is 0 Å². The van der Waals surface area contributed by atoms with Crippen LogP contribution in [0.3, 0.4) is 0 Å². The van der Waals surface area contributed by atoms with E-state index in [2.05, 4.69) is 97.1 Å². The van der Waals surface area contributed by atoms with E-state index in [4.69, 9.17) is 0 Å². The molecular weight excluding hydrogens is 300 g/mol. The standard InChI is InChI=1S/C21H18.Ti/c1-2-17(20-13-11-15-7-3-5-9-18(15)20)21-14-12-16-8-4-6-10-19(16)21;/h1,3-14,17,20-21H,2H2;. The van der Waals surface area contributed by atoms with Crippen LogP contribution in [0.25, 0.3) is 12.2 Å². The number of hydrogen-bond donors (Lipinski definition) is 0. The van der Waals surface area contributed by atoms with E-state index in [1.807, 2.05) is 0 Å². The van der Waals surface area contributed by atoms with E-state index < -0.39 is 0 Å². The SMILES string of the molecule is [Ti]=[CH]CC(C1C=Cc2ccccc21)C1C=Cc2ccccc21. The molecule has 0 N–H and O–H groups in total. The Hall–Kier alpha value is -1.50. The van der Waals surface area contributed by atoms with Crippen molar-refractivity contribution in [3.05, 3.63) is 82.9 Å². The summed E-state index contributed by atoms with van der Waals surface area (Å²) >= 11 is 2.18.